The molecule has 0 saturated heterocycles. The van der Waals surface area contributed by atoms with Crippen LogP contribution in [-0.2, 0) is 11.2 Å². The van der Waals surface area contributed by atoms with Crippen LogP contribution >= 0.6 is 0 Å². The molecule has 4 N–H and O–H groups in total. The number of urea groups is 1. The van der Waals surface area contributed by atoms with Crippen molar-refractivity contribution in [1.82, 2.24) is 10.6 Å². The first-order valence-electron chi connectivity index (χ1n) is 13.9. The van der Waals surface area contributed by atoms with Gasteiger partial charge in [-0.05, 0) is 87.6 Å². The number of amides is 2. The molecule has 11 heteroatoms. The number of hydrogen-bond donors (Lipinski definition) is 4. The third kappa shape index (κ3) is 10.8. The number of rotatable bonds is 7. The number of halogens is 4. The third-order valence-electron chi connectivity index (χ3n) is 7.59. The summed E-state index contributed by atoms with van der Waals surface area (Å²) in [5.74, 6) is -2.30. The largest absolute Gasteiger partial charge is 0.490 e. The predicted octanol–water partition coefficient (Wildman–Crippen LogP) is 6.49. The number of aliphatic carboxylic acids is 1. The van der Waals surface area contributed by atoms with E-state index in [-0.39, 0.29) is 29.7 Å². The summed E-state index contributed by atoms with van der Waals surface area (Å²) in [5.41, 5.74) is 2.43. The van der Waals surface area contributed by atoms with Gasteiger partial charge in [0.1, 0.15) is 5.82 Å². The highest BCUT2D eigenvalue weighted by molar-refractivity contribution is 5.96. The van der Waals surface area contributed by atoms with E-state index in [4.69, 9.17) is 9.90 Å². The van der Waals surface area contributed by atoms with Gasteiger partial charge in [0, 0.05) is 29.4 Å². The molecule has 41 heavy (non-hydrogen) atoms. The van der Waals surface area contributed by atoms with Crippen molar-refractivity contribution >= 4 is 23.5 Å². The fraction of sp³-hybridized carbons (Fsp3) is 0.500. The standard InChI is InChI=1S/C28H36FN3O2.C2HF3O2/c1-19(33)22-5-4-6-25(18-22)31-28(34)32-27-8-3-2-7-26(27)30-24-15-11-21(12-16-24)17-20-9-13-23(29)14-10-20;3-2(4,5)1(6)7/h4-6,9-10,13-14,18,21,24,26-27,30H,2-3,7-8,11-12,15-17H2,1H3,(H2,31,32,34);(H,6,7)/t21?,24?,26-,27?;/m1./s1. The zero-order chi connectivity index (χ0) is 30.0. The first-order chi connectivity index (χ1) is 19.4. The molecule has 0 radical (unpaired) electrons. The van der Waals surface area contributed by atoms with Crippen LogP contribution in [0.5, 0.6) is 0 Å². The first-order valence-corrected chi connectivity index (χ1v) is 13.9. The summed E-state index contributed by atoms with van der Waals surface area (Å²) in [6, 6.07) is 14.6. The van der Waals surface area contributed by atoms with Crippen LogP contribution in [0.25, 0.3) is 0 Å². The summed E-state index contributed by atoms with van der Waals surface area (Å²) < 4.78 is 44.9. The molecular weight excluding hydrogens is 542 g/mol. The van der Waals surface area contributed by atoms with E-state index >= 15 is 0 Å². The number of ketones is 1. The molecule has 2 saturated carbocycles. The van der Waals surface area contributed by atoms with Crippen LogP contribution < -0.4 is 16.0 Å². The van der Waals surface area contributed by atoms with Crippen LogP contribution in [0.2, 0.25) is 0 Å². The van der Waals surface area contributed by atoms with E-state index in [9.17, 15) is 27.2 Å². The van der Waals surface area contributed by atoms with E-state index in [1.165, 1.54) is 31.7 Å². The number of alkyl halides is 3. The van der Waals surface area contributed by atoms with Gasteiger partial charge in [0.25, 0.3) is 0 Å². The molecule has 2 atom stereocenters. The Labute approximate surface area is 237 Å². The van der Waals surface area contributed by atoms with E-state index in [1.807, 2.05) is 12.1 Å². The molecule has 0 aromatic heterocycles. The minimum atomic E-state index is -5.08. The lowest BCUT2D eigenvalue weighted by Gasteiger charge is -2.38. The number of carboxylic acids is 1. The SMILES string of the molecule is CC(=O)c1cccc(NC(=O)NC2CCCC[C@H]2NC2CCC(Cc3ccc(F)cc3)CC2)c1.O=C(O)C(F)(F)F. The second-order valence-electron chi connectivity index (χ2n) is 10.8. The second kappa shape index (κ2) is 15.0. The lowest BCUT2D eigenvalue weighted by Crippen LogP contribution is -2.55. The Hall–Kier alpha value is -3.47. The van der Waals surface area contributed by atoms with Crippen molar-refractivity contribution in [2.45, 2.75) is 89.0 Å². The van der Waals surface area contributed by atoms with Crippen molar-refractivity contribution in [2.24, 2.45) is 5.92 Å². The van der Waals surface area contributed by atoms with E-state index in [2.05, 4.69) is 16.0 Å². The normalized spacial score (nSPS) is 22.6. The molecule has 0 bridgehead atoms. The van der Waals surface area contributed by atoms with Crippen molar-refractivity contribution in [3.63, 3.8) is 0 Å². The fourth-order valence-electron chi connectivity index (χ4n) is 5.44. The average Bonchev–Trinajstić information content (AvgIpc) is 2.92. The number of carbonyl (C=O) groups is 3. The number of nitrogens with one attached hydrogen (secondary N) is 3. The van der Waals surface area contributed by atoms with E-state index in [0.717, 1.165) is 38.5 Å². The predicted molar refractivity (Wildman–Crippen MR) is 147 cm³/mol. The number of Topliss-reactive ketones (excluding diaryl/α,β-unsaturated/α-hetero) is 1. The number of carbonyl (C=O) groups excluding carboxylic acids is 2. The molecule has 4 rings (SSSR count). The number of carboxylic acid groups (broad SMARTS) is 1. The summed E-state index contributed by atoms with van der Waals surface area (Å²) >= 11 is 0. The number of benzene rings is 2. The van der Waals surface area contributed by atoms with Crippen molar-refractivity contribution < 1.29 is 37.1 Å². The zero-order valence-corrected chi connectivity index (χ0v) is 23.0. The summed E-state index contributed by atoms with van der Waals surface area (Å²) in [7, 11) is 0. The van der Waals surface area contributed by atoms with Gasteiger partial charge in [-0.15, -0.1) is 0 Å². The maximum Gasteiger partial charge on any atom is 0.490 e. The lowest BCUT2D eigenvalue weighted by atomic mass is 9.81. The van der Waals surface area contributed by atoms with Gasteiger partial charge >= 0.3 is 18.2 Å². The lowest BCUT2D eigenvalue weighted by molar-refractivity contribution is -0.192. The molecule has 2 amide bonds. The summed E-state index contributed by atoms with van der Waals surface area (Å²) in [6.45, 7) is 1.52. The molecule has 2 fully saturated rings. The van der Waals surface area contributed by atoms with Crippen LogP contribution in [0.4, 0.5) is 28.0 Å². The van der Waals surface area contributed by atoms with Crippen LogP contribution in [-0.4, -0.2) is 47.2 Å². The zero-order valence-electron chi connectivity index (χ0n) is 23.0. The quantitative estimate of drug-likeness (QED) is 0.222. The van der Waals surface area contributed by atoms with Gasteiger partial charge in [-0.3, -0.25) is 4.79 Å². The molecule has 224 valence electrons. The Morgan fingerprint density at radius 2 is 1.51 bits per heavy atom. The van der Waals surface area contributed by atoms with Gasteiger partial charge in [0.2, 0.25) is 0 Å². The topological polar surface area (TPSA) is 108 Å². The molecule has 7 nitrogen and oxygen atoms in total. The summed E-state index contributed by atoms with van der Waals surface area (Å²) in [4.78, 5) is 33.2. The van der Waals surface area contributed by atoms with E-state index in [0.29, 0.717) is 23.2 Å². The van der Waals surface area contributed by atoms with Gasteiger partial charge < -0.3 is 21.1 Å². The van der Waals surface area contributed by atoms with Crippen molar-refractivity contribution in [3.05, 3.63) is 65.5 Å². The van der Waals surface area contributed by atoms with Crippen molar-refractivity contribution in [1.29, 1.82) is 0 Å². The molecule has 0 aliphatic heterocycles. The summed E-state index contributed by atoms with van der Waals surface area (Å²) in [6.07, 6.45) is 4.90. The van der Waals surface area contributed by atoms with Crippen LogP contribution in [0.1, 0.15) is 74.2 Å². The number of anilines is 1. The highest BCUT2D eigenvalue weighted by Crippen LogP contribution is 2.29. The van der Waals surface area contributed by atoms with Crippen LogP contribution in [0, 0.1) is 11.7 Å². The Morgan fingerprint density at radius 1 is 0.902 bits per heavy atom. The Bertz CT molecular complexity index is 1170. The smallest absolute Gasteiger partial charge is 0.475 e. The monoisotopic (exact) mass is 579 g/mol. The van der Waals surface area contributed by atoms with Gasteiger partial charge in [0.05, 0.1) is 0 Å². The molecule has 2 aromatic rings. The molecule has 2 aliphatic rings. The Balaban J connectivity index is 0.000000587. The Morgan fingerprint density at radius 3 is 2.10 bits per heavy atom. The van der Waals surface area contributed by atoms with Gasteiger partial charge in [0.15, 0.2) is 5.78 Å². The van der Waals surface area contributed by atoms with Crippen LogP contribution in [0.3, 0.4) is 0 Å². The first kappa shape index (κ1) is 32.0. The summed E-state index contributed by atoms with van der Waals surface area (Å²) in [5, 5.41) is 17.0. The van der Waals surface area contributed by atoms with E-state index in [1.54, 1.807) is 36.4 Å². The van der Waals surface area contributed by atoms with Gasteiger partial charge in [-0.1, -0.05) is 37.1 Å². The minimum absolute atomic E-state index is 0.0204. The molecule has 1 unspecified atom stereocenters. The highest BCUT2D eigenvalue weighted by atomic mass is 19.4. The highest BCUT2D eigenvalue weighted by Gasteiger charge is 2.38. The van der Waals surface area contributed by atoms with E-state index < -0.39 is 12.1 Å². The maximum absolute atomic E-state index is 13.2. The molecule has 0 spiro atoms. The van der Waals surface area contributed by atoms with Crippen LogP contribution in [0.15, 0.2) is 48.5 Å². The fourth-order valence-corrected chi connectivity index (χ4v) is 5.44. The average molecular weight is 580 g/mol. The van der Waals surface area contributed by atoms with Gasteiger partial charge in [-0.25, -0.2) is 14.0 Å². The number of hydrogen-bond acceptors (Lipinski definition) is 4. The minimum Gasteiger partial charge on any atom is -0.475 e. The third-order valence-corrected chi connectivity index (χ3v) is 7.59. The molecule has 2 aromatic carbocycles. The molecule has 2 aliphatic carbocycles. The molecule has 0 heterocycles. The molecular formula is C30H37F4N3O4. The second-order valence-corrected chi connectivity index (χ2v) is 10.8. The van der Waals surface area contributed by atoms with Gasteiger partial charge in [-0.2, -0.15) is 13.2 Å². The van der Waals surface area contributed by atoms with Crippen molar-refractivity contribution in [2.75, 3.05) is 5.32 Å². The Kier molecular flexibility index (Phi) is 11.7. The van der Waals surface area contributed by atoms with Crippen molar-refractivity contribution in [3.8, 4) is 0 Å². The maximum atomic E-state index is 13.2.